The summed E-state index contributed by atoms with van der Waals surface area (Å²) in [6.45, 7) is 7.14. The van der Waals surface area contributed by atoms with E-state index in [0.29, 0.717) is 24.0 Å². The second-order valence-electron chi connectivity index (χ2n) is 6.00. The zero-order valence-electron chi connectivity index (χ0n) is 11.5. The molecule has 4 heteroatoms. The monoisotopic (exact) mass is 249 g/mol. The topological polar surface area (TPSA) is 60.1 Å². The van der Waals surface area contributed by atoms with E-state index < -0.39 is 0 Å². The molecule has 1 aliphatic rings. The molecule has 1 saturated carbocycles. The number of nitrogens with zero attached hydrogens (tertiary/aromatic N) is 1. The third kappa shape index (κ3) is 2.86. The lowest BCUT2D eigenvalue weighted by molar-refractivity contribution is 0.0926. The van der Waals surface area contributed by atoms with Gasteiger partial charge in [0, 0.05) is 18.8 Å². The third-order valence-electron chi connectivity index (χ3n) is 3.73. The normalized spacial score (nSPS) is 15.7. The minimum Gasteiger partial charge on any atom is -0.397 e. The van der Waals surface area contributed by atoms with Crippen molar-refractivity contribution in [1.29, 1.82) is 0 Å². The highest BCUT2D eigenvalue weighted by atomic mass is 16.1. The smallest absolute Gasteiger partial charge is 0.268 e. The lowest BCUT2D eigenvalue weighted by Crippen LogP contribution is -2.34. The molecule has 1 amide bonds. The number of carbonyl (C=O) groups is 1. The standard InChI is InChI=1S/C14H23N3O/c1-4-14(2,3)9-16-13(18)12-7-10(15)8-17(12)11-5-6-11/h7-8,11H,4-6,9,15H2,1-3H3,(H,16,18). The molecule has 0 spiro atoms. The van der Waals surface area contributed by atoms with Crippen molar-refractivity contribution >= 4 is 11.6 Å². The first-order valence-corrected chi connectivity index (χ1v) is 6.68. The van der Waals surface area contributed by atoms with Gasteiger partial charge in [0.05, 0.1) is 5.69 Å². The van der Waals surface area contributed by atoms with Gasteiger partial charge in [-0.3, -0.25) is 4.79 Å². The zero-order valence-corrected chi connectivity index (χ0v) is 11.5. The molecule has 1 aromatic rings. The predicted molar refractivity (Wildman–Crippen MR) is 73.5 cm³/mol. The van der Waals surface area contributed by atoms with Crippen LogP contribution in [0.1, 0.15) is 56.6 Å². The first-order valence-electron chi connectivity index (χ1n) is 6.68. The molecule has 0 atom stereocenters. The first kappa shape index (κ1) is 13.0. The maximum absolute atomic E-state index is 12.2. The number of anilines is 1. The summed E-state index contributed by atoms with van der Waals surface area (Å²) in [4.78, 5) is 12.2. The Balaban J connectivity index is 2.04. The Hall–Kier alpha value is -1.45. The number of amides is 1. The van der Waals surface area contributed by atoms with Crippen LogP contribution in [0.5, 0.6) is 0 Å². The fourth-order valence-electron chi connectivity index (χ4n) is 1.87. The van der Waals surface area contributed by atoms with Crippen molar-refractivity contribution in [3.63, 3.8) is 0 Å². The Bertz CT molecular complexity index is 444. The van der Waals surface area contributed by atoms with Crippen molar-refractivity contribution in [2.45, 2.75) is 46.1 Å². The van der Waals surface area contributed by atoms with E-state index >= 15 is 0 Å². The second-order valence-corrected chi connectivity index (χ2v) is 6.00. The van der Waals surface area contributed by atoms with Gasteiger partial charge < -0.3 is 15.6 Å². The first-order chi connectivity index (χ1) is 8.43. The van der Waals surface area contributed by atoms with Crippen molar-refractivity contribution in [3.8, 4) is 0 Å². The van der Waals surface area contributed by atoms with Gasteiger partial charge in [-0.2, -0.15) is 0 Å². The number of nitrogens with two attached hydrogens (primary N) is 1. The van der Waals surface area contributed by atoms with Gasteiger partial charge in [-0.15, -0.1) is 0 Å². The van der Waals surface area contributed by atoms with Crippen molar-refractivity contribution in [3.05, 3.63) is 18.0 Å². The van der Waals surface area contributed by atoms with Crippen LogP contribution in [-0.2, 0) is 0 Å². The largest absolute Gasteiger partial charge is 0.397 e. The fraction of sp³-hybridized carbons (Fsp3) is 0.643. The molecule has 1 aromatic heterocycles. The summed E-state index contributed by atoms with van der Waals surface area (Å²) >= 11 is 0. The molecule has 0 radical (unpaired) electrons. The number of rotatable bonds is 5. The van der Waals surface area contributed by atoms with Crippen molar-refractivity contribution in [2.75, 3.05) is 12.3 Å². The highest BCUT2D eigenvalue weighted by Crippen LogP contribution is 2.37. The van der Waals surface area contributed by atoms with E-state index in [2.05, 4.69) is 26.1 Å². The van der Waals surface area contributed by atoms with Gasteiger partial charge >= 0.3 is 0 Å². The number of aromatic nitrogens is 1. The molecule has 0 unspecified atom stereocenters. The molecule has 3 N–H and O–H groups in total. The number of carbonyl (C=O) groups excluding carboxylic acids is 1. The fourth-order valence-corrected chi connectivity index (χ4v) is 1.87. The third-order valence-corrected chi connectivity index (χ3v) is 3.73. The molecule has 2 rings (SSSR count). The van der Waals surface area contributed by atoms with E-state index in [1.54, 1.807) is 6.07 Å². The number of nitrogens with one attached hydrogen (secondary N) is 1. The van der Waals surface area contributed by atoms with Crippen LogP contribution in [0.4, 0.5) is 5.69 Å². The number of hydrogen-bond acceptors (Lipinski definition) is 2. The summed E-state index contributed by atoms with van der Waals surface area (Å²) in [6, 6.07) is 2.24. The Morgan fingerprint density at radius 3 is 2.78 bits per heavy atom. The van der Waals surface area contributed by atoms with Gasteiger partial charge in [-0.05, 0) is 30.7 Å². The lowest BCUT2D eigenvalue weighted by atomic mass is 9.90. The summed E-state index contributed by atoms with van der Waals surface area (Å²) in [6.07, 6.45) is 5.21. The summed E-state index contributed by atoms with van der Waals surface area (Å²) in [5.41, 5.74) is 7.29. The van der Waals surface area contributed by atoms with Gasteiger partial charge in [0.15, 0.2) is 0 Å². The Morgan fingerprint density at radius 2 is 2.22 bits per heavy atom. The minimum atomic E-state index is -0.0138. The summed E-state index contributed by atoms with van der Waals surface area (Å²) in [5, 5.41) is 3.01. The Labute approximate surface area is 109 Å². The predicted octanol–water partition coefficient (Wildman–Crippen LogP) is 2.57. The molecule has 0 aromatic carbocycles. The van der Waals surface area contributed by atoms with E-state index in [-0.39, 0.29) is 11.3 Å². The van der Waals surface area contributed by atoms with Gasteiger partial charge in [0.1, 0.15) is 5.69 Å². The molecule has 0 aliphatic heterocycles. The molecule has 1 heterocycles. The van der Waals surface area contributed by atoms with E-state index in [9.17, 15) is 4.79 Å². The highest BCUT2D eigenvalue weighted by Gasteiger charge is 2.28. The van der Waals surface area contributed by atoms with Crippen LogP contribution in [-0.4, -0.2) is 17.0 Å². The van der Waals surface area contributed by atoms with Crippen LogP contribution in [0.3, 0.4) is 0 Å². The molecular formula is C14H23N3O. The average molecular weight is 249 g/mol. The molecule has 0 bridgehead atoms. The van der Waals surface area contributed by atoms with Crippen LogP contribution in [0.15, 0.2) is 12.3 Å². The van der Waals surface area contributed by atoms with E-state index in [1.165, 1.54) is 0 Å². The quantitative estimate of drug-likeness (QED) is 0.842. The Kier molecular flexibility index (Phi) is 3.37. The van der Waals surface area contributed by atoms with Crippen molar-refractivity contribution in [1.82, 2.24) is 9.88 Å². The Morgan fingerprint density at radius 1 is 1.56 bits per heavy atom. The SMILES string of the molecule is CCC(C)(C)CNC(=O)c1cc(N)cn1C1CC1. The highest BCUT2D eigenvalue weighted by molar-refractivity contribution is 5.93. The molecular weight excluding hydrogens is 226 g/mol. The van der Waals surface area contributed by atoms with Crippen LogP contribution in [0, 0.1) is 5.41 Å². The van der Waals surface area contributed by atoms with Gasteiger partial charge in [-0.1, -0.05) is 20.8 Å². The maximum atomic E-state index is 12.2. The van der Waals surface area contributed by atoms with Crippen LogP contribution >= 0.6 is 0 Å². The number of hydrogen-bond donors (Lipinski definition) is 2. The van der Waals surface area contributed by atoms with Crippen molar-refractivity contribution in [2.24, 2.45) is 5.41 Å². The molecule has 1 aliphatic carbocycles. The van der Waals surface area contributed by atoms with Gasteiger partial charge in [0.25, 0.3) is 5.91 Å². The van der Waals surface area contributed by atoms with E-state index in [1.807, 2.05) is 10.8 Å². The molecule has 1 fully saturated rings. The van der Waals surface area contributed by atoms with E-state index in [4.69, 9.17) is 5.73 Å². The molecule has 100 valence electrons. The van der Waals surface area contributed by atoms with Crippen LogP contribution in [0.2, 0.25) is 0 Å². The lowest BCUT2D eigenvalue weighted by Gasteiger charge is -2.23. The molecule has 0 saturated heterocycles. The average Bonchev–Trinajstić information content (AvgIpc) is 3.09. The molecule has 18 heavy (non-hydrogen) atoms. The van der Waals surface area contributed by atoms with Gasteiger partial charge in [0.2, 0.25) is 0 Å². The minimum absolute atomic E-state index is 0.0138. The maximum Gasteiger partial charge on any atom is 0.268 e. The second kappa shape index (κ2) is 4.67. The molecule has 4 nitrogen and oxygen atoms in total. The van der Waals surface area contributed by atoms with Crippen molar-refractivity contribution < 1.29 is 4.79 Å². The van der Waals surface area contributed by atoms with Crippen LogP contribution < -0.4 is 11.1 Å². The van der Waals surface area contributed by atoms with Gasteiger partial charge in [-0.25, -0.2) is 0 Å². The summed E-state index contributed by atoms with van der Waals surface area (Å²) in [7, 11) is 0. The van der Waals surface area contributed by atoms with E-state index in [0.717, 1.165) is 19.3 Å². The zero-order chi connectivity index (χ0) is 13.3. The van der Waals surface area contributed by atoms with Crippen LogP contribution in [0.25, 0.3) is 0 Å². The summed E-state index contributed by atoms with van der Waals surface area (Å²) in [5.74, 6) is -0.0138. The summed E-state index contributed by atoms with van der Waals surface area (Å²) < 4.78 is 2.02. The number of nitrogen functional groups attached to an aromatic ring is 1.